The van der Waals surface area contributed by atoms with E-state index in [1.165, 1.54) is 28.7 Å². The molecule has 0 saturated carbocycles. The number of hydrogen-bond donors (Lipinski definition) is 1. The first kappa shape index (κ1) is 19.2. The highest BCUT2D eigenvalue weighted by molar-refractivity contribution is 7.20. The Bertz CT molecular complexity index is 1180. The maximum atomic E-state index is 12.3. The summed E-state index contributed by atoms with van der Waals surface area (Å²) in [5.74, 6) is -0.640. The van der Waals surface area contributed by atoms with Crippen LogP contribution in [-0.2, 0) is 14.3 Å². The molecule has 1 aliphatic heterocycles. The smallest absolute Gasteiger partial charge is 0.348 e. The third-order valence-electron chi connectivity index (χ3n) is 4.31. The summed E-state index contributed by atoms with van der Waals surface area (Å²) in [6.45, 7) is 5.33. The first-order chi connectivity index (χ1) is 13.9. The van der Waals surface area contributed by atoms with Crippen LogP contribution in [-0.4, -0.2) is 39.4 Å². The van der Waals surface area contributed by atoms with E-state index in [1.54, 1.807) is 20.8 Å². The van der Waals surface area contributed by atoms with Gasteiger partial charge in [-0.2, -0.15) is 5.01 Å². The minimum Gasteiger partial charge on any atom is -0.462 e. The van der Waals surface area contributed by atoms with E-state index in [-0.39, 0.29) is 12.4 Å². The van der Waals surface area contributed by atoms with Crippen molar-refractivity contribution in [3.63, 3.8) is 0 Å². The summed E-state index contributed by atoms with van der Waals surface area (Å²) in [6, 6.07) is 3.76. The largest absolute Gasteiger partial charge is 0.462 e. The van der Waals surface area contributed by atoms with E-state index in [2.05, 4.69) is 15.4 Å². The second-order valence-electron chi connectivity index (χ2n) is 6.25. The lowest BCUT2D eigenvalue weighted by molar-refractivity contribution is -0.135. The molecule has 0 aliphatic carbocycles. The Morgan fingerprint density at radius 1 is 1.28 bits per heavy atom. The van der Waals surface area contributed by atoms with Crippen molar-refractivity contribution in [3.8, 4) is 10.7 Å². The van der Waals surface area contributed by atoms with Crippen LogP contribution in [0.2, 0.25) is 0 Å². The Balaban J connectivity index is 1.87. The fourth-order valence-electron chi connectivity index (χ4n) is 2.93. The number of carbonyl (C=O) groups excluding carboxylic acids is 3. The molecule has 4 heterocycles. The minimum absolute atomic E-state index is 0.255. The van der Waals surface area contributed by atoms with Gasteiger partial charge in [0.1, 0.15) is 9.71 Å². The molecule has 0 atom stereocenters. The molecule has 0 bridgehead atoms. The van der Waals surface area contributed by atoms with Gasteiger partial charge < -0.3 is 4.74 Å². The molecule has 1 N–H and O–H groups in total. The summed E-state index contributed by atoms with van der Waals surface area (Å²) in [5, 5.41) is 3.39. The van der Waals surface area contributed by atoms with Crippen LogP contribution in [0, 0.1) is 6.92 Å². The number of aryl methyl sites for hydroxylation is 1. The maximum Gasteiger partial charge on any atom is 0.348 e. The molecule has 3 aromatic rings. The van der Waals surface area contributed by atoms with Gasteiger partial charge in [0, 0.05) is 11.6 Å². The molecule has 0 radical (unpaired) electrons. The predicted molar refractivity (Wildman–Crippen MR) is 111 cm³/mol. The van der Waals surface area contributed by atoms with E-state index in [4.69, 9.17) is 4.74 Å². The Morgan fingerprint density at radius 3 is 2.69 bits per heavy atom. The zero-order valence-electron chi connectivity index (χ0n) is 15.8. The van der Waals surface area contributed by atoms with Crippen LogP contribution in [0.4, 0.5) is 5.82 Å². The summed E-state index contributed by atoms with van der Waals surface area (Å²) in [7, 11) is 0. The van der Waals surface area contributed by atoms with Crippen molar-refractivity contribution in [3.05, 3.63) is 39.6 Å². The quantitative estimate of drug-likeness (QED) is 0.490. The monoisotopic (exact) mass is 428 g/mol. The number of anilines is 1. The average molecular weight is 428 g/mol. The van der Waals surface area contributed by atoms with Crippen molar-refractivity contribution in [1.29, 1.82) is 0 Å². The number of imide groups is 1. The number of amides is 2. The minimum atomic E-state index is -0.476. The topological polar surface area (TPSA) is 101 Å². The highest BCUT2D eigenvalue weighted by Crippen LogP contribution is 2.37. The molecular weight excluding hydrogens is 412 g/mol. The standard InChI is InChI=1S/C19H16N4O4S2/c1-4-27-19(26)14-10(3)13-16(22-23-12(24)8-9(2)18(23)25)20-15(21-17(13)29-14)11-6-5-7-28-11/h5-8H,4H2,1-3H3,(H,20,21,22). The number of hydrazine groups is 1. The fraction of sp³-hybridized carbons (Fsp3) is 0.211. The van der Waals surface area contributed by atoms with Crippen LogP contribution < -0.4 is 5.43 Å². The maximum absolute atomic E-state index is 12.3. The van der Waals surface area contributed by atoms with Gasteiger partial charge in [0.05, 0.1) is 16.9 Å². The Kier molecular flexibility index (Phi) is 4.89. The molecule has 0 unspecified atom stereocenters. The highest BCUT2D eigenvalue weighted by atomic mass is 32.1. The van der Waals surface area contributed by atoms with Crippen LogP contribution in [0.15, 0.2) is 29.2 Å². The van der Waals surface area contributed by atoms with Crippen molar-refractivity contribution in [1.82, 2.24) is 15.0 Å². The van der Waals surface area contributed by atoms with Gasteiger partial charge >= 0.3 is 5.97 Å². The van der Waals surface area contributed by atoms with Gasteiger partial charge in [0.2, 0.25) is 0 Å². The summed E-state index contributed by atoms with van der Waals surface area (Å²) in [4.78, 5) is 47.8. The highest BCUT2D eigenvalue weighted by Gasteiger charge is 2.31. The average Bonchev–Trinajstić information content (AvgIpc) is 3.38. The Morgan fingerprint density at radius 2 is 2.07 bits per heavy atom. The van der Waals surface area contributed by atoms with Crippen LogP contribution in [0.1, 0.15) is 29.1 Å². The third-order valence-corrected chi connectivity index (χ3v) is 6.34. The van der Waals surface area contributed by atoms with Crippen molar-refractivity contribution < 1.29 is 19.1 Å². The zero-order valence-corrected chi connectivity index (χ0v) is 17.4. The molecule has 8 nitrogen and oxygen atoms in total. The number of hydrogen-bond acceptors (Lipinski definition) is 9. The first-order valence-corrected chi connectivity index (χ1v) is 10.5. The Hall–Kier alpha value is -3.11. The van der Waals surface area contributed by atoms with Gasteiger partial charge in [-0.25, -0.2) is 14.8 Å². The van der Waals surface area contributed by atoms with E-state index < -0.39 is 17.8 Å². The molecule has 4 rings (SSSR count). The van der Waals surface area contributed by atoms with Gasteiger partial charge in [-0.3, -0.25) is 15.0 Å². The Labute approximate surface area is 173 Å². The van der Waals surface area contributed by atoms with Crippen LogP contribution in [0.25, 0.3) is 20.9 Å². The molecule has 148 valence electrons. The van der Waals surface area contributed by atoms with Gasteiger partial charge in [0.25, 0.3) is 11.8 Å². The van der Waals surface area contributed by atoms with Crippen molar-refractivity contribution in [2.24, 2.45) is 0 Å². The summed E-state index contributed by atoms with van der Waals surface area (Å²) in [6.07, 6.45) is 1.26. The number of nitrogens with zero attached hydrogens (tertiary/aromatic N) is 3. The van der Waals surface area contributed by atoms with Crippen molar-refractivity contribution in [2.75, 3.05) is 12.0 Å². The first-order valence-electron chi connectivity index (χ1n) is 8.76. The summed E-state index contributed by atoms with van der Waals surface area (Å²) >= 11 is 2.66. The lowest BCUT2D eigenvalue weighted by Crippen LogP contribution is -2.36. The number of thiophene rings is 2. The van der Waals surface area contributed by atoms with E-state index in [0.717, 1.165) is 9.89 Å². The van der Waals surface area contributed by atoms with E-state index >= 15 is 0 Å². The van der Waals surface area contributed by atoms with Gasteiger partial charge in [-0.1, -0.05) is 6.07 Å². The molecule has 29 heavy (non-hydrogen) atoms. The van der Waals surface area contributed by atoms with Gasteiger partial charge in [-0.05, 0) is 37.8 Å². The molecule has 3 aromatic heterocycles. The third kappa shape index (κ3) is 3.30. The molecule has 2 amide bonds. The fourth-order valence-corrected chi connectivity index (χ4v) is 4.66. The number of carbonyl (C=O) groups is 3. The normalized spacial score (nSPS) is 13.9. The molecule has 1 aliphatic rings. The molecule has 0 aromatic carbocycles. The van der Waals surface area contributed by atoms with E-state index in [1.807, 2.05) is 17.5 Å². The van der Waals surface area contributed by atoms with Gasteiger partial charge in [-0.15, -0.1) is 22.7 Å². The second-order valence-corrected chi connectivity index (χ2v) is 8.19. The number of fused-ring (bicyclic) bond motifs is 1. The molecule has 0 saturated heterocycles. The van der Waals surface area contributed by atoms with Crippen LogP contribution in [0.5, 0.6) is 0 Å². The van der Waals surface area contributed by atoms with E-state index in [0.29, 0.717) is 32.1 Å². The zero-order chi connectivity index (χ0) is 20.7. The summed E-state index contributed by atoms with van der Waals surface area (Å²) in [5.41, 5.74) is 3.80. The number of ether oxygens (including phenoxy) is 1. The lowest BCUT2D eigenvalue weighted by atomic mass is 10.2. The number of nitrogens with one attached hydrogen (secondary N) is 1. The number of rotatable bonds is 5. The van der Waals surface area contributed by atoms with Crippen LogP contribution in [0.3, 0.4) is 0 Å². The van der Waals surface area contributed by atoms with E-state index in [9.17, 15) is 14.4 Å². The molecule has 0 fully saturated rings. The second kappa shape index (κ2) is 7.37. The summed E-state index contributed by atoms with van der Waals surface area (Å²) < 4.78 is 5.14. The number of esters is 1. The lowest BCUT2D eigenvalue weighted by Gasteiger charge is -2.17. The van der Waals surface area contributed by atoms with Crippen molar-refractivity contribution in [2.45, 2.75) is 20.8 Å². The predicted octanol–water partition coefficient (Wildman–Crippen LogP) is 3.55. The number of aromatic nitrogens is 2. The molecular formula is C19H16N4O4S2. The van der Waals surface area contributed by atoms with Crippen LogP contribution >= 0.6 is 22.7 Å². The van der Waals surface area contributed by atoms with Gasteiger partial charge in [0.15, 0.2) is 11.6 Å². The molecule has 0 spiro atoms. The van der Waals surface area contributed by atoms with Crippen molar-refractivity contribution >= 4 is 56.5 Å². The SMILES string of the molecule is CCOC(=O)c1sc2nc(-c3cccs3)nc(NN3C(=O)C=C(C)C3=O)c2c1C. The molecule has 10 heteroatoms.